The lowest BCUT2D eigenvalue weighted by Gasteiger charge is -2.33. The van der Waals surface area contributed by atoms with Crippen molar-refractivity contribution in [2.75, 3.05) is 0 Å². The molecule has 0 saturated heterocycles. The standard InChI is InChI=1S/C26H21F7N/c27-21-13-19(12-20(14-21)25(28,29)30)24(18-10-11-22(34-15-18)26(31,32)33)23(17-8-4-5-9-17)16-6-2-1-3-7-16/h1-3,6-7,10-15,17,23H,4-5,8-9H2/t23-/m1/s1. The molecule has 0 amide bonds. The third kappa shape index (κ3) is 5.26. The number of aromatic nitrogens is 1. The summed E-state index contributed by atoms with van der Waals surface area (Å²) in [7, 11) is 0. The van der Waals surface area contributed by atoms with E-state index in [9.17, 15) is 30.7 Å². The summed E-state index contributed by atoms with van der Waals surface area (Å²) in [5.41, 5.74) is -1.25. The molecule has 1 atom stereocenters. The van der Waals surface area contributed by atoms with Crippen molar-refractivity contribution in [3.63, 3.8) is 0 Å². The van der Waals surface area contributed by atoms with Gasteiger partial charge in [0.1, 0.15) is 11.5 Å². The van der Waals surface area contributed by atoms with Crippen molar-refractivity contribution < 1.29 is 30.7 Å². The molecular weight excluding hydrogens is 459 g/mol. The second kappa shape index (κ2) is 9.39. The van der Waals surface area contributed by atoms with Crippen LogP contribution in [0.1, 0.15) is 59.5 Å². The summed E-state index contributed by atoms with van der Waals surface area (Å²) in [6, 6.07) is 13.4. The first kappa shape index (κ1) is 24.2. The van der Waals surface area contributed by atoms with Crippen LogP contribution in [0.3, 0.4) is 0 Å². The fourth-order valence-corrected chi connectivity index (χ4v) is 4.78. The van der Waals surface area contributed by atoms with Crippen LogP contribution in [0.15, 0.2) is 66.9 Å². The molecule has 1 aromatic heterocycles. The molecule has 1 aliphatic carbocycles. The van der Waals surface area contributed by atoms with Crippen LogP contribution in [0.25, 0.3) is 0 Å². The Morgan fingerprint density at radius 2 is 1.47 bits per heavy atom. The van der Waals surface area contributed by atoms with Gasteiger partial charge in [-0.25, -0.2) is 4.39 Å². The molecule has 0 spiro atoms. The van der Waals surface area contributed by atoms with Crippen LogP contribution >= 0.6 is 0 Å². The Balaban J connectivity index is 1.92. The van der Waals surface area contributed by atoms with Gasteiger partial charge in [-0.2, -0.15) is 26.3 Å². The van der Waals surface area contributed by atoms with Crippen molar-refractivity contribution in [2.45, 2.75) is 44.0 Å². The van der Waals surface area contributed by atoms with Crippen LogP contribution in [0.2, 0.25) is 0 Å². The molecule has 4 rings (SSSR count). The number of hydrogen-bond donors (Lipinski definition) is 0. The highest BCUT2D eigenvalue weighted by Gasteiger charge is 2.39. The molecule has 0 N–H and O–H groups in total. The summed E-state index contributed by atoms with van der Waals surface area (Å²) in [5, 5.41) is 0. The Bertz CT molecular complexity index is 1100. The summed E-state index contributed by atoms with van der Waals surface area (Å²) < 4.78 is 94.3. The van der Waals surface area contributed by atoms with Gasteiger partial charge in [-0.05, 0) is 59.7 Å². The molecule has 1 radical (unpaired) electrons. The van der Waals surface area contributed by atoms with Crippen molar-refractivity contribution in [1.82, 2.24) is 4.98 Å². The predicted octanol–water partition coefficient (Wildman–Crippen LogP) is 8.20. The maximum Gasteiger partial charge on any atom is 0.433 e. The van der Waals surface area contributed by atoms with E-state index in [2.05, 4.69) is 4.98 Å². The van der Waals surface area contributed by atoms with E-state index >= 15 is 0 Å². The summed E-state index contributed by atoms with van der Waals surface area (Å²) in [4.78, 5) is 3.53. The SMILES string of the molecule is Fc1cc([C](c2ccc(C(F)(F)F)nc2)[C@H](c2ccccc2)C2CCCC2)cc(C(F)(F)F)c1. The lowest BCUT2D eigenvalue weighted by molar-refractivity contribution is -0.141. The Kier molecular flexibility index (Phi) is 6.69. The van der Waals surface area contributed by atoms with Crippen LogP contribution in [0.4, 0.5) is 30.7 Å². The van der Waals surface area contributed by atoms with Crippen molar-refractivity contribution in [2.24, 2.45) is 5.92 Å². The predicted molar refractivity (Wildman–Crippen MR) is 113 cm³/mol. The first-order valence-corrected chi connectivity index (χ1v) is 10.9. The van der Waals surface area contributed by atoms with Crippen molar-refractivity contribution in [3.05, 3.63) is 107 Å². The second-order valence-electron chi connectivity index (χ2n) is 8.50. The molecule has 1 heterocycles. The Morgan fingerprint density at radius 1 is 0.794 bits per heavy atom. The van der Waals surface area contributed by atoms with E-state index in [-0.39, 0.29) is 17.0 Å². The van der Waals surface area contributed by atoms with E-state index in [0.717, 1.165) is 55.6 Å². The lowest BCUT2D eigenvalue weighted by atomic mass is 9.70. The molecule has 1 nitrogen and oxygen atoms in total. The Morgan fingerprint density at radius 3 is 2.03 bits per heavy atom. The average Bonchev–Trinajstić information content (AvgIpc) is 3.31. The minimum atomic E-state index is -4.78. The minimum Gasteiger partial charge on any atom is -0.251 e. The highest BCUT2D eigenvalue weighted by Crippen LogP contribution is 2.48. The van der Waals surface area contributed by atoms with Gasteiger partial charge >= 0.3 is 12.4 Å². The first-order chi connectivity index (χ1) is 16.0. The van der Waals surface area contributed by atoms with E-state index in [0.29, 0.717) is 12.0 Å². The highest BCUT2D eigenvalue weighted by atomic mass is 19.4. The molecule has 2 aromatic carbocycles. The lowest BCUT2D eigenvalue weighted by Crippen LogP contribution is -2.22. The summed E-state index contributed by atoms with van der Waals surface area (Å²) in [6.07, 6.45) is -4.95. The molecule has 0 unspecified atom stereocenters. The van der Waals surface area contributed by atoms with Crippen LogP contribution in [0, 0.1) is 17.7 Å². The van der Waals surface area contributed by atoms with Gasteiger partial charge in [-0.1, -0.05) is 49.2 Å². The molecule has 3 aromatic rings. The van der Waals surface area contributed by atoms with Gasteiger partial charge in [0.15, 0.2) is 0 Å². The monoisotopic (exact) mass is 480 g/mol. The maximum absolute atomic E-state index is 14.4. The smallest absolute Gasteiger partial charge is 0.251 e. The van der Waals surface area contributed by atoms with Crippen LogP contribution in [-0.4, -0.2) is 4.98 Å². The molecule has 8 heteroatoms. The van der Waals surface area contributed by atoms with Gasteiger partial charge in [-0.15, -0.1) is 0 Å². The number of hydrogen-bond acceptors (Lipinski definition) is 1. The molecule has 179 valence electrons. The van der Waals surface area contributed by atoms with Crippen LogP contribution < -0.4 is 0 Å². The van der Waals surface area contributed by atoms with Gasteiger partial charge in [-0.3, -0.25) is 4.98 Å². The normalized spacial score (nSPS) is 16.2. The molecule has 0 bridgehead atoms. The zero-order valence-electron chi connectivity index (χ0n) is 17.9. The van der Waals surface area contributed by atoms with Crippen molar-refractivity contribution in [1.29, 1.82) is 0 Å². The number of pyridine rings is 1. The zero-order chi connectivity index (χ0) is 24.5. The Hall–Kier alpha value is -2.90. The largest absolute Gasteiger partial charge is 0.433 e. The van der Waals surface area contributed by atoms with Gasteiger partial charge in [0.2, 0.25) is 0 Å². The first-order valence-electron chi connectivity index (χ1n) is 10.9. The third-order valence-electron chi connectivity index (χ3n) is 6.24. The topological polar surface area (TPSA) is 12.9 Å². The van der Waals surface area contributed by atoms with E-state index < -0.39 is 35.3 Å². The van der Waals surface area contributed by atoms with Crippen LogP contribution in [-0.2, 0) is 12.4 Å². The highest BCUT2D eigenvalue weighted by molar-refractivity contribution is 5.52. The van der Waals surface area contributed by atoms with Gasteiger partial charge in [0.05, 0.1) is 5.56 Å². The number of nitrogens with zero attached hydrogens (tertiary/aromatic N) is 1. The average molecular weight is 480 g/mol. The van der Waals surface area contributed by atoms with E-state index in [1.165, 1.54) is 6.07 Å². The molecular formula is C26H21F7N. The Labute approximate surface area is 192 Å². The van der Waals surface area contributed by atoms with Crippen molar-refractivity contribution in [3.8, 4) is 0 Å². The van der Waals surface area contributed by atoms with Gasteiger partial charge < -0.3 is 0 Å². The molecule has 1 fully saturated rings. The van der Waals surface area contributed by atoms with E-state index in [4.69, 9.17) is 0 Å². The van der Waals surface area contributed by atoms with E-state index in [1.54, 1.807) is 18.2 Å². The fraction of sp³-hybridized carbons (Fsp3) is 0.308. The number of alkyl halides is 6. The third-order valence-corrected chi connectivity index (χ3v) is 6.24. The molecule has 34 heavy (non-hydrogen) atoms. The van der Waals surface area contributed by atoms with E-state index in [1.807, 2.05) is 12.1 Å². The number of halogens is 7. The van der Waals surface area contributed by atoms with Gasteiger partial charge in [0, 0.05) is 18.0 Å². The minimum absolute atomic E-state index is 0.0189. The molecule has 0 aliphatic heterocycles. The summed E-state index contributed by atoms with van der Waals surface area (Å²) in [5.74, 6) is -1.13. The maximum atomic E-state index is 14.4. The molecule has 1 saturated carbocycles. The summed E-state index contributed by atoms with van der Waals surface area (Å²) in [6.45, 7) is 0. The fourth-order valence-electron chi connectivity index (χ4n) is 4.78. The number of rotatable bonds is 5. The quantitative estimate of drug-likeness (QED) is 0.336. The van der Waals surface area contributed by atoms with Crippen LogP contribution in [0.5, 0.6) is 0 Å². The van der Waals surface area contributed by atoms with Gasteiger partial charge in [0.25, 0.3) is 0 Å². The summed E-state index contributed by atoms with van der Waals surface area (Å²) >= 11 is 0. The number of benzene rings is 2. The zero-order valence-corrected chi connectivity index (χ0v) is 17.9. The second-order valence-corrected chi connectivity index (χ2v) is 8.50. The molecule has 1 aliphatic rings. The van der Waals surface area contributed by atoms with Crippen molar-refractivity contribution >= 4 is 0 Å².